The van der Waals surface area contributed by atoms with Crippen molar-refractivity contribution in [3.05, 3.63) is 24.0 Å². The van der Waals surface area contributed by atoms with Crippen molar-refractivity contribution in [2.75, 3.05) is 12.3 Å². The highest BCUT2D eigenvalue weighted by Crippen LogP contribution is 2.33. The van der Waals surface area contributed by atoms with Crippen molar-refractivity contribution in [1.82, 2.24) is 20.5 Å². The number of hydrogen-bond donors (Lipinski definition) is 4. The first-order valence-corrected chi connectivity index (χ1v) is 11.9. The second kappa shape index (κ2) is 11.3. The highest BCUT2D eigenvalue weighted by molar-refractivity contribution is 8.00. The van der Waals surface area contributed by atoms with E-state index < -0.39 is 5.97 Å². The van der Waals surface area contributed by atoms with E-state index >= 15 is 0 Å². The number of fused-ring (bicyclic) bond motifs is 1. The van der Waals surface area contributed by atoms with E-state index in [-0.39, 0.29) is 30.4 Å². The molecule has 0 saturated carbocycles. The molecule has 0 bridgehead atoms. The number of aliphatic carboxylic acids is 1. The van der Waals surface area contributed by atoms with E-state index in [4.69, 9.17) is 5.11 Å². The van der Waals surface area contributed by atoms with Crippen LogP contribution in [0.5, 0.6) is 0 Å². The smallest absolute Gasteiger partial charge is 0.315 e. The fraction of sp³-hybridized carbons (Fsp3) is 0.667. The SMILES string of the molecule is O=C(O)CCc1cccn1CCCCNC(=O)CCCCC1SCC2NC(=O)NC21. The van der Waals surface area contributed by atoms with E-state index in [2.05, 4.69) is 20.5 Å². The first-order chi connectivity index (χ1) is 14.5. The zero-order valence-electron chi connectivity index (χ0n) is 17.3. The number of nitrogens with zero attached hydrogens (tertiary/aromatic N) is 1. The molecule has 3 rings (SSSR count). The molecule has 3 atom stereocenters. The van der Waals surface area contributed by atoms with Crippen LogP contribution in [0.4, 0.5) is 4.79 Å². The molecule has 2 saturated heterocycles. The summed E-state index contributed by atoms with van der Waals surface area (Å²) >= 11 is 1.91. The molecule has 30 heavy (non-hydrogen) atoms. The van der Waals surface area contributed by atoms with Crippen LogP contribution in [0.2, 0.25) is 0 Å². The molecule has 0 aromatic carbocycles. The molecule has 166 valence electrons. The van der Waals surface area contributed by atoms with E-state index in [1.54, 1.807) is 0 Å². The number of thioether (sulfide) groups is 1. The standard InChI is InChI=1S/C21H32N4O4S/c26-18(8-2-1-7-17-20-16(14-30-17)23-21(29)24-20)22-11-3-4-12-25-13-5-6-15(25)9-10-19(27)28/h5-6,13,16-17,20H,1-4,7-12,14H2,(H,22,26)(H,27,28)(H2,23,24,29). The van der Waals surface area contributed by atoms with E-state index in [1.807, 2.05) is 30.1 Å². The zero-order chi connectivity index (χ0) is 21.3. The summed E-state index contributed by atoms with van der Waals surface area (Å²) in [6, 6.07) is 4.35. The number of amides is 3. The Bertz CT molecular complexity index is 738. The van der Waals surface area contributed by atoms with Gasteiger partial charge in [0.1, 0.15) is 0 Å². The van der Waals surface area contributed by atoms with Crippen molar-refractivity contribution < 1.29 is 19.5 Å². The number of hydrogen-bond acceptors (Lipinski definition) is 4. The quantitative estimate of drug-likeness (QED) is 0.280. The first-order valence-electron chi connectivity index (χ1n) is 10.8. The Hall–Kier alpha value is -2.16. The highest BCUT2D eigenvalue weighted by Gasteiger charge is 2.42. The second-order valence-electron chi connectivity index (χ2n) is 8.01. The highest BCUT2D eigenvalue weighted by atomic mass is 32.2. The summed E-state index contributed by atoms with van der Waals surface area (Å²) < 4.78 is 2.10. The summed E-state index contributed by atoms with van der Waals surface area (Å²) in [6.45, 7) is 1.51. The van der Waals surface area contributed by atoms with Crippen molar-refractivity contribution in [3.63, 3.8) is 0 Å². The van der Waals surface area contributed by atoms with E-state index in [9.17, 15) is 14.4 Å². The van der Waals surface area contributed by atoms with Gasteiger partial charge in [-0.2, -0.15) is 11.8 Å². The van der Waals surface area contributed by atoms with Crippen LogP contribution >= 0.6 is 11.8 Å². The largest absolute Gasteiger partial charge is 0.481 e. The molecule has 0 aliphatic carbocycles. The number of carboxylic acid groups (broad SMARTS) is 1. The van der Waals surface area contributed by atoms with Gasteiger partial charge in [-0.25, -0.2) is 4.79 Å². The molecule has 3 heterocycles. The number of urea groups is 1. The monoisotopic (exact) mass is 436 g/mol. The topological polar surface area (TPSA) is 112 Å². The van der Waals surface area contributed by atoms with Crippen LogP contribution < -0.4 is 16.0 Å². The molecule has 8 nitrogen and oxygen atoms in total. The van der Waals surface area contributed by atoms with Crippen LogP contribution in [0.1, 0.15) is 50.6 Å². The normalized spacial score (nSPS) is 22.4. The lowest BCUT2D eigenvalue weighted by Gasteiger charge is -2.16. The van der Waals surface area contributed by atoms with Gasteiger partial charge >= 0.3 is 12.0 Å². The minimum atomic E-state index is -0.779. The van der Waals surface area contributed by atoms with Gasteiger partial charge < -0.3 is 25.6 Å². The summed E-state index contributed by atoms with van der Waals surface area (Å²) in [5.74, 6) is 0.295. The lowest BCUT2D eigenvalue weighted by atomic mass is 10.0. The van der Waals surface area contributed by atoms with Crippen LogP contribution in [-0.4, -0.2) is 57.2 Å². The minimum Gasteiger partial charge on any atom is -0.481 e. The summed E-state index contributed by atoms with van der Waals surface area (Å²) in [7, 11) is 0. The van der Waals surface area contributed by atoms with Crippen molar-refractivity contribution >= 4 is 29.7 Å². The number of carbonyl (C=O) groups is 3. The Morgan fingerprint density at radius 1 is 1.20 bits per heavy atom. The molecule has 0 radical (unpaired) electrons. The molecular formula is C21H32N4O4S. The van der Waals surface area contributed by atoms with Gasteiger partial charge in [0.05, 0.1) is 18.5 Å². The number of rotatable bonds is 13. The third-order valence-corrected chi connectivity index (χ3v) is 7.26. The lowest BCUT2D eigenvalue weighted by Crippen LogP contribution is -2.36. The molecule has 2 aliphatic rings. The average Bonchev–Trinajstić information content (AvgIpc) is 3.39. The molecule has 1 aromatic heterocycles. The molecule has 2 aliphatic heterocycles. The predicted octanol–water partition coefficient (Wildman–Crippen LogP) is 2.13. The van der Waals surface area contributed by atoms with Crippen LogP contribution in [0.15, 0.2) is 18.3 Å². The Balaban J connectivity index is 1.20. The molecule has 0 spiro atoms. The van der Waals surface area contributed by atoms with Gasteiger partial charge in [-0.1, -0.05) is 6.42 Å². The van der Waals surface area contributed by atoms with Gasteiger partial charge in [-0.15, -0.1) is 0 Å². The van der Waals surface area contributed by atoms with E-state index in [0.717, 1.165) is 50.1 Å². The third kappa shape index (κ3) is 6.68. The Labute approximate surface area is 181 Å². The van der Waals surface area contributed by atoms with E-state index in [1.165, 1.54) is 0 Å². The summed E-state index contributed by atoms with van der Waals surface area (Å²) in [4.78, 5) is 34.1. The number of carbonyl (C=O) groups excluding carboxylic acids is 2. The first kappa shape index (κ1) is 22.5. The molecule has 9 heteroatoms. The molecular weight excluding hydrogens is 404 g/mol. The number of nitrogens with one attached hydrogen (secondary N) is 3. The Morgan fingerprint density at radius 2 is 2.07 bits per heavy atom. The fourth-order valence-electron chi connectivity index (χ4n) is 4.13. The molecule has 4 N–H and O–H groups in total. The summed E-state index contributed by atoms with van der Waals surface area (Å²) in [5, 5.41) is 18.2. The Morgan fingerprint density at radius 3 is 2.90 bits per heavy atom. The van der Waals surface area contributed by atoms with Gasteiger partial charge in [-0.05, 0) is 44.2 Å². The van der Waals surface area contributed by atoms with E-state index in [0.29, 0.717) is 24.6 Å². The number of aryl methyl sites for hydroxylation is 2. The van der Waals surface area contributed by atoms with Gasteiger partial charge in [0.25, 0.3) is 0 Å². The summed E-state index contributed by atoms with van der Waals surface area (Å²) in [5.41, 5.74) is 1.04. The summed E-state index contributed by atoms with van der Waals surface area (Å²) in [6.07, 6.45) is 7.96. The van der Waals surface area contributed by atoms with Gasteiger partial charge in [0.15, 0.2) is 0 Å². The van der Waals surface area contributed by atoms with Gasteiger partial charge in [0.2, 0.25) is 5.91 Å². The maximum Gasteiger partial charge on any atom is 0.315 e. The predicted molar refractivity (Wildman–Crippen MR) is 117 cm³/mol. The van der Waals surface area contributed by atoms with Crippen molar-refractivity contribution in [1.29, 1.82) is 0 Å². The zero-order valence-corrected chi connectivity index (χ0v) is 18.1. The number of aromatic nitrogens is 1. The number of unbranched alkanes of at least 4 members (excludes halogenated alkanes) is 2. The van der Waals surface area contributed by atoms with Crippen molar-refractivity contribution in [2.45, 2.75) is 75.2 Å². The van der Waals surface area contributed by atoms with Crippen LogP contribution in [0.3, 0.4) is 0 Å². The minimum absolute atomic E-state index is 0.0528. The maximum atomic E-state index is 12.0. The maximum absolute atomic E-state index is 12.0. The molecule has 2 fully saturated rings. The molecule has 1 aromatic rings. The van der Waals surface area contributed by atoms with Crippen LogP contribution in [-0.2, 0) is 22.6 Å². The van der Waals surface area contributed by atoms with Crippen LogP contribution in [0.25, 0.3) is 0 Å². The molecule has 3 unspecified atom stereocenters. The van der Waals surface area contributed by atoms with Gasteiger partial charge in [-0.3, -0.25) is 9.59 Å². The van der Waals surface area contributed by atoms with Crippen molar-refractivity contribution in [2.24, 2.45) is 0 Å². The Kier molecular flexibility index (Phi) is 8.48. The van der Waals surface area contributed by atoms with Gasteiger partial charge in [0, 0.05) is 42.4 Å². The third-order valence-electron chi connectivity index (χ3n) is 5.75. The van der Waals surface area contributed by atoms with Crippen LogP contribution in [0, 0.1) is 0 Å². The van der Waals surface area contributed by atoms with Crippen molar-refractivity contribution in [3.8, 4) is 0 Å². The lowest BCUT2D eigenvalue weighted by molar-refractivity contribution is -0.137. The molecule has 3 amide bonds. The number of carboxylic acids is 1. The second-order valence-corrected chi connectivity index (χ2v) is 9.28. The fourth-order valence-corrected chi connectivity index (χ4v) is 5.67. The average molecular weight is 437 g/mol.